The Hall–Kier alpha value is 0.140. The van der Waals surface area contributed by atoms with E-state index in [1.165, 1.54) is 39.9 Å². The first-order chi connectivity index (χ1) is 8.22. The summed E-state index contributed by atoms with van der Waals surface area (Å²) in [6, 6.07) is 2.91. The Morgan fingerprint density at radius 2 is 2.00 bits per heavy atom. The van der Waals surface area contributed by atoms with Gasteiger partial charge >= 0.3 is 0 Å². The molecule has 2 saturated carbocycles. The van der Waals surface area contributed by atoms with Gasteiger partial charge in [0.05, 0.1) is 3.79 Å². The summed E-state index contributed by atoms with van der Waals surface area (Å²) in [7, 11) is 2.13. The van der Waals surface area contributed by atoms with Crippen molar-refractivity contribution in [3.8, 4) is 0 Å². The molecule has 3 unspecified atom stereocenters. The molecule has 1 aromatic rings. The van der Waals surface area contributed by atoms with Gasteiger partial charge in [-0.25, -0.2) is 0 Å². The highest BCUT2D eigenvalue weighted by Gasteiger charge is 2.54. The van der Waals surface area contributed by atoms with E-state index in [0.717, 1.165) is 17.8 Å². The molecule has 0 aromatic carbocycles. The van der Waals surface area contributed by atoms with Crippen molar-refractivity contribution in [2.75, 3.05) is 7.05 Å². The van der Waals surface area contributed by atoms with Crippen molar-refractivity contribution in [3.63, 3.8) is 0 Å². The molecule has 0 aliphatic heterocycles. The zero-order chi connectivity index (χ0) is 12.0. The van der Waals surface area contributed by atoms with Crippen molar-refractivity contribution in [1.82, 2.24) is 5.32 Å². The van der Waals surface area contributed by atoms with Gasteiger partial charge in [-0.15, -0.1) is 11.3 Å². The van der Waals surface area contributed by atoms with Crippen LogP contribution in [0.1, 0.15) is 42.2 Å². The first-order valence-electron chi connectivity index (χ1n) is 6.65. The molecule has 2 aliphatic carbocycles. The zero-order valence-corrected chi connectivity index (χ0v) is 12.9. The lowest BCUT2D eigenvalue weighted by atomic mass is 10.0. The van der Waals surface area contributed by atoms with Crippen LogP contribution in [0.25, 0.3) is 0 Å². The summed E-state index contributed by atoms with van der Waals surface area (Å²) in [4.78, 5) is 1.47. The lowest BCUT2D eigenvalue weighted by Crippen LogP contribution is -2.20. The van der Waals surface area contributed by atoms with E-state index < -0.39 is 0 Å². The normalized spacial score (nSPS) is 33.2. The lowest BCUT2D eigenvalue weighted by molar-refractivity contribution is 0.480. The Morgan fingerprint density at radius 3 is 2.47 bits per heavy atom. The van der Waals surface area contributed by atoms with Crippen LogP contribution in [-0.2, 0) is 0 Å². The summed E-state index contributed by atoms with van der Waals surface area (Å²) in [5.74, 6) is 2.93. The molecule has 0 saturated heterocycles. The van der Waals surface area contributed by atoms with Crippen molar-refractivity contribution in [2.45, 2.75) is 38.6 Å². The van der Waals surface area contributed by atoms with Gasteiger partial charge in [-0.2, -0.15) is 0 Å². The van der Waals surface area contributed by atoms with Gasteiger partial charge < -0.3 is 5.32 Å². The second-order valence-electron chi connectivity index (χ2n) is 5.52. The van der Waals surface area contributed by atoms with Gasteiger partial charge in [-0.05, 0) is 72.1 Å². The van der Waals surface area contributed by atoms with Gasteiger partial charge in [0.25, 0.3) is 0 Å². The monoisotopic (exact) mass is 313 g/mol. The van der Waals surface area contributed by atoms with E-state index in [-0.39, 0.29) is 0 Å². The topological polar surface area (TPSA) is 12.0 Å². The second-order valence-corrected chi connectivity index (χ2v) is 8.15. The minimum absolute atomic E-state index is 0.589. The average Bonchev–Trinajstić information content (AvgIpc) is 2.93. The minimum atomic E-state index is 0.589. The average molecular weight is 314 g/mol. The molecule has 1 nitrogen and oxygen atoms in total. The van der Waals surface area contributed by atoms with Gasteiger partial charge in [-0.3, -0.25) is 0 Å². The van der Waals surface area contributed by atoms with Crippen molar-refractivity contribution in [1.29, 1.82) is 0 Å². The highest BCUT2D eigenvalue weighted by Crippen LogP contribution is 2.60. The van der Waals surface area contributed by atoms with E-state index in [0.29, 0.717) is 6.04 Å². The predicted molar refractivity (Wildman–Crippen MR) is 77.5 cm³/mol. The van der Waals surface area contributed by atoms with E-state index in [9.17, 15) is 0 Å². The SMILES string of the molecule is CNC(c1cc(Br)sc1C)C1C2CCCCC21. The van der Waals surface area contributed by atoms with Crippen LogP contribution in [0.2, 0.25) is 0 Å². The third-order valence-electron chi connectivity index (χ3n) is 4.68. The Balaban J connectivity index is 1.82. The lowest BCUT2D eigenvalue weighted by Gasteiger charge is -2.16. The molecule has 94 valence electrons. The second kappa shape index (κ2) is 4.67. The largest absolute Gasteiger partial charge is 0.313 e. The quantitative estimate of drug-likeness (QED) is 0.865. The summed E-state index contributed by atoms with van der Waals surface area (Å²) in [6.45, 7) is 2.25. The Bertz CT molecular complexity index is 402. The van der Waals surface area contributed by atoms with Gasteiger partial charge in [0, 0.05) is 10.9 Å². The summed E-state index contributed by atoms with van der Waals surface area (Å²) in [5.41, 5.74) is 1.53. The Labute approximate surface area is 116 Å². The van der Waals surface area contributed by atoms with Gasteiger partial charge in [0.2, 0.25) is 0 Å². The van der Waals surface area contributed by atoms with Crippen LogP contribution < -0.4 is 5.32 Å². The van der Waals surface area contributed by atoms with Gasteiger partial charge in [-0.1, -0.05) is 12.8 Å². The van der Waals surface area contributed by atoms with Crippen molar-refractivity contribution in [3.05, 3.63) is 20.3 Å². The number of nitrogens with one attached hydrogen (secondary N) is 1. The number of hydrogen-bond acceptors (Lipinski definition) is 2. The summed E-state index contributed by atoms with van der Waals surface area (Å²) in [5, 5.41) is 3.58. The van der Waals surface area contributed by atoms with Crippen molar-refractivity contribution < 1.29 is 0 Å². The molecule has 0 radical (unpaired) electrons. The Kier molecular flexibility index (Phi) is 3.35. The van der Waals surface area contributed by atoms with Crippen molar-refractivity contribution in [2.24, 2.45) is 17.8 Å². The molecule has 1 heterocycles. The molecule has 3 rings (SSSR count). The Morgan fingerprint density at radius 1 is 1.35 bits per heavy atom. The molecule has 0 amide bonds. The first-order valence-corrected chi connectivity index (χ1v) is 8.26. The van der Waals surface area contributed by atoms with Crippen molar-refractivity contribution >= 4 is 27.3 Å². The third-order valence-corrected chi connectivity index (χ3v) is 6.25. The van der Waals surface area contributed by atoms with E-state index in [2.05, 4.69) is 41.3 Å². The van der Waals surface area contributed by atoms with Crippen LogP contribution in [-0.4, -0.2) is 7.05 Å². The number of aryl methyl sites for hydroxylation is 1. The van der Waals surface area contributed by atoms with Gasteiger partial charge in [0.1, 0.15) is 0 Å². The maximum Gasteiger partial charge on any atom is 0.0704 e. The van der Waals surface area contributed by atoms with Gasteiger partial charge in [0.15, 0.2) is 0 Å². The number of rotatable bonds is 3. The number of hydrogen-bond donors (Lipinski definition) is 1. The minimum Gasteiger partial charge on any atom is -0.313 e. The fraction of sp³-hybridized carbons (Fsp3) is 0.714. The van der Waals surface area contributed by atoms with Crippen LogP contribution in [0.4, 0.5) is 0 Å². The van der Waals surface area contributed by atoms with E-state index in [1.54, 1.807) is 0 Å². The molecule has 1 aromatic heterocycles. The fourth-order valence-corrected chi connectivity index (χ4v) is 5.62. The molecule has 3 heteroatoms. The van der Waals surface area contributed by atoms with E-state index in [1.807, 2.05) is 11.3 Å². The number of thiophene rings is 1. The number of halogens is 1. The van der Waals surface area contributed by atoms with E-state index >= 15 is 0 Å². The van der Waals surface area contributed by atoms with Crippen LogP contribution >= 0.6 is 27.3 Å². The fourth-order valence-electron chi connectivity index (χ4n) is 3.86. The molecule has 0 bridgehead atoms. The molecule has 0 spiro atoms. The van der Waals surface area contributed by atoms with Crippen LogP contribution in [0.15, 0.2) is 9.85 Å². The van der Waals surface area contributed by atoms with Crippen LogP contribution in [0.3, 0.4) is 0 Å². The predicted octanol–water partition coefficient (Wildman–Crippen LogP) is 4.52. The molecule has 17 heavy (non-hydrogen) atoms. The van der Waals surface area contributed by atoms with E-state index in [4.69, 9.17) is 0 Å². The molecule has 1 N–H and O–H groups in total. The standard InChI is InChI=1S/C14H20BrNS/c1-8-11(7-12(15)17-8)14(16-2)13-9-5-3-4-6-10(9)13/h7,9-10,13-14,16H,3-6H2,1-2H3. The zero-order valence-electron chi connectivity index (χ0n) is 10.5. The third kappa shape index (κ3) is 2.11. The molecule has 2 fully saturated rings. The summed E-state index contributed by atoms with van der Waals surface area (Å²) >= 11 is 5.49. The number of fused-ring (bicyclic) bond motifs is 1. The summed E-state index contributed by atoms with van der Waals surface area (Å²) < 4.78 is 1.27. The van der Waals surface area contributed by atoms with Crippen LogP contribution in [0, 0.1) is 24.7 Å². The first kappa shape index (κ1) is 12.2. The molecule has 3 atom stereocenters. The maximum absolute atomic E-state index is 3.62. The molecular formula is C14H20BrNS. The smallest absolute Gasteiger partial charge is 0.0704 e. The maximum atomic E-state index is 3.62. The molecule has 2 aliphatic rings. The molecular weight excluding hydrogens is 294 g/mol. The highest BCUT2D eigenvalue weighted by molar-refractivity contribution is 9.11. The summed E-state index contributed by atoms with van der Waals surface area (Å²) in [6.07, 6.45) is 5.86. The van der Waals surface area contributed by atoms with Crippen LogP contribution in [0.5, 0.6) is 0 Å². The highest BCUT2D eigenvalue weighted by atomic mass is 79.9.